The van der Waals surface area contributed by atoms with Crippen LogP contribution in [0, 0.1) is 0 Å². The average Bonchev–Trinajstić information content (AvgIpc) is 4.46. The summed E-state index contributed by atoms with van der Waals surface area (Å²) in [5.41, 5.74) is 26.6. The highest BCUT2D eigenvalue weighted by Crippen LogP contribution is 2.65. The van der Waals surface area contributed by atoms with E-state index in [4.69, 9.17) is 0 Å². The van der Waals surface area contributed by atoms with Crippen molar-refractivity contribution in [2.24, 2.45) is 0 Å². The van der Waals surface area contributed by atoms with Crippen LogP contribution in [0.2, 0.25) is 0 Å². The molecule has 10 aromatic rings. The highest BCUT2D eigenvalue weighted by molar-refractivity contribution is 5.86. The molecule has 0 spiro atoms. The van der Waals surface area contributed by atoms with Gasteiger partial charge in [0.05, 0.1) is 0 Å². The summed E-state index contributed by atoms with van der Waals surface area (Å²) < 4.78 is 0. The lowest BCUT2D eigenvalue weighted by atomic mass is 9.59. The van der Waals surface area contributed by atoms with E-state index in [1.807, 2.05) is 0 Å². The lowest BCUT2D eigenvalue weighted by molar-refractivity contribution is 0.253. The van der Waals surface area contributed by atoms with Crippen molar-refractivity contribution in [1.82, 2.24) is 0 Å². The van der Waals surface area contributed by atoms with Gasteiger partial charge in [0.15, 0.2) is 0 Å². The maximum Gasteiger partial charge on any atom is 0.0431 e. The molecule has 2 nitrogen and oxygen atoms in total. The van der Waals surface area contributed by atoms with Gasteiger partial charge in [0.25, 0.3) is 0 Å². The zero-order valence-corrected chi connectivity index (χ0v) is 46.4. The van der Waals surface area contributed by atoms with E-state index in [9.17, 15) is 10.2 Å². The molecule has 15 rings (SSSR count). The fraction of sp³-hybridized carbons (Fsp3) is 0.241. The molecule has 0 unspecified atom stereocenters. The first kappa shape index (κ1) is 50.1. The number of aliphatic hydroxyl groups excluding tert-OH is 2. The maximum absolute atomic E-state index is 10.7. The molecule has 5 aliphatic carbocycles. The number of rotatable bonds is 18. The molecule has 0 atom stereocenters. The van der Waals surface area contributed by atoms with Gasteiger partial charge in [-0.2, -0.15) is 0 Å². The van der Waals surface area contributed by atoms with E-state index >= 15 is 0 Å². The predicted octanol–water partition coefficient (Wildman–Crippen LogP) is 18.5. The van der Waals surface area contributed by atoms with Crippen LogP contribution in [0.1, 0.15) is 133 Å². The zero-order chi connectivity index (χ0) is 54.2. The fourth-order valence-electron chi connectivity index (χ4n) is 17.9. The summed E-state index contributed by atoms with van der Waals surface area (Å²) in [6, 6.07) is 93.2. The van der Waals surface area contributed by atoms with E-state index in [0.717, 1.165) is 77.0 Å². The molecular weight excluding hydrogens is 981 g/mol. The van der Waals surface area contributed by atoms with Gasteiger partial charge in [-0.05, 0) is 188 Å². The largest absolute Gasteiger partial charge is 0.396 e. The molecule has 10 aromatic carbocycles. The van der Waals surface area contributed by atoms with Crippen LogP contribution < -0.4 is 0 Å². The third kappa shape index (κ3) is 7.32. The lowest BCUT2D eigenvalue weighted by Gasteiger charge is -2.43. The molecule has 0 saturated carbocycles. The van der Waals surface area contributed by atoms with Crippen molar-refractivity contribution in [2.75, 3.05) is 13.2 Å². The minimum absolute atomic E-state index is 0.172. The van der Waals surface area contributed by atoms with Crippen molar-refractivity contribution < 1.29 is 10.2 Å². The maximum atomic E-state index is 10.7. The van der Waals surface area contributed by atoms with Crippen LogP contribution in [0.4, 0.5) is 0 Å². The van der Waals surface area contributed by atoms with Gasteiger partial charge in [0, 0.05) is 40.3 Å². The molecule has 2 N–H and O–H groups in total. The van der Waals surface area contributed by atoms with E-state index in [2.05, 4.69) is 243 Å². The first-order valence-corrected chi connectivity index (χ1v) is 30.2. The summed E-state index contributed by atoms with van der Waals surface area (Å²) in [5.74, 6) is 0. The molecule has 0 fully saturated rings. The smallest absolute Gasteiger partial charge is 0.0431 e. The summed E-state index contributed by atoms with van der Waals surface area (Å²) in [6.07, 6.45) is 11.0. The van der Waals surface area contributed by atoms with Crippen LogP contribution in [0.5, 0.6) is 0 Å². The van der Waals surface area contributed by atoms with Gasteiger partial charge < -0.3 is 10.2 Å². The molecular formula is C79H70O2. The quantitative estimate of drug-likeness (QED) is 0.0899. The van der Waals surface area contributed by atoms with E-state index in [1.165, 1.54) is 111 Å². The molecule has 0 bridgehead atoms. The van der Waals surface area contributed by atoms with Crippen LogP contribution in [0.3, 0.4) is 0 Å². The zero-order valence-electron chi connectivity index (χ0n) is 46.4. The first-order valence-electron chi connectivity index (χ1n) is 30.2. The van der Waals surface area contributed by atoms with Gasteiger partial charge in [-0.3, -0.25) is 0 Å². The van der Waals surface area contributed by atoms with Gasteiger partial charge in [-0.25, -0.2) is 0 Å². The number of fused-ring (bicyclic) bond motifs is 15. The van der Waals surface area contributed by atoms with E-state index < -0.39 is 0 Å². The topological polar surface area (TPSA) is 40.5 Å². The Kier molecular flexibility index (Phi) is 12.2. The second-order valence-electron chi connectivity index (χ2n) is 24.5. The third-order valence-corrected chi connectivity index (χ3v) is 21.3. The highest BCUT2D eigenvalue weighted by Gasteiger charge is 2.54. The van der Waals surface area contributed by atoms with Crippen molar-refractivity contribution in [3.8, 4) is 55.6 Å². The number of hydrogen-bond donors (Lipinski definition) is 2. The summed E-state index contributed by atoms with van der Waals surface area (Å²) in [7, 11) is 0. The molecule has 0 amide bonds. The van der Waals surface area contributed by atoms with Crippen LogP contribution in [0.15, 0.2) is 243 Å². The number of hydrogen-bond acceptors (Lipinski definition) is 2. The highest BCUT2D eigenvalue weighted by atomic mass is 16.3. The first-order chi connectivity index (χ1) is 40.0. The molecule has 0 saturated heterocycles. The monoisotopic (exact) mass is 1050 g/mol. The molecule has 5 aliphatic rings. The normalized spacial score (nSPS) is 16.5. The summed E-state index contributed by atoms with van der Waals surface area (Å²) >= 11 is 0. The summed E-state index contributed by atoms with van der Waals surface area (Å²) in [6.45, 7) is 0.343. The van der Waals surface area contributed by atoms with Gasteiger partial charge in [-0.1, -0.05) is 243 Å². The number of benzene rings is 10. The van der Waals surface area contributed by atoms with E-state index in [-0.39, 0.29) is 40.3 Å². The van der Waals surface area contributed by atoms with E-state index in [0.29, 0.717) is 0 Å². The molecule has 398 valence electrons. The predicted molar refractivity (Wildman–Crippen MR) is 333 cm³/mol. The standard InChI is InChI=1S/C79H70O2/c80-53-21-43-75(65-33-11-1-23-55(65)56-24-2-12-34-66(56)75)45-47-77(69-37-15-5-27-59(69)60-28-6-16-38-70(60)77)49-51-79(73-41-19-9-31-63(73)64-32-10-20-42-74(64)79)52-50-78(71-39-17-7-29-61(71)62-30-8-18-40-72(62)78)48-46-76(44-22-54-81)67-35-13-3-25-57(67)58-26-4-14-36-68(58)76/h1-20,23-42,80-81H,21-22,43-54H2. The minimum atomic E-state index is -0.311. The SMILES string of the molecule is OCCCC1(CCC2(CCC3(CCC4(CCC5(CCCO)c6ccccc6-c6ccccc65)c5ccccc5-c5ccccc54)c4ccccc4-c4ccccc43)c3ccccc3-c3ccccc32)c2ccccc2-c2ccccc21. The van der Waals surface area contributed by atoms with Crippen molar-refractivity contribution in [1.29, 1.82) is 0 Å². The Morgan fingerprint density at radius 3 is 0.432 bits per heavy atom. The fourth-order valence-corrected chi connectivity index (χ4v) is 17.9. The van der Waals surface area contributed by atoms with Gasteiger partial charge >= 0.3 is 0 Å². The Hall–Kier alpha value is -7.88. The molecule has 2 heteroatoms. The molecule has 0 radical (unpaired) electrons. The average molecular weight is 1050 g/mol. The van der Waals surface area contributed by atoms with Crippen LogP contribution in [-0.2, 0) is 27.1 Å². The summed E-state index contributed by atoms with van der Waals surface area (Å²) in [5, 5.41) is 21.4. The Bertz CT molecular complexity index is 3600. The Morgan fingerprint density at radius 1 is 0.173 bits per heavy atom. The molecule has 0 aliphatic heterocycles. The summed E-state index contributed by atoms with van der Waals surface area (Å²) in [4.78, 5) is 0. The Balaban J connectivity index is 0.893. The van der Waals surface area contributed by atoms with Crippen LogP contribution in [-0.4, -0.2) is 23.4 Å². The third-order valence-electron chi connectivity index (χ3n) is 21.3. The Morgan fingerprint density at radius 2 is 0.296 bits per heavy atom. The Labute approximate surface area is 478 Å². The molecule has 81 heavy (non-hydrogen) atoms. The second kappa shape index (κ2) is 19.7. The van der Waals surface area contributed by atoms with Crippen molar-refractivity contribution in [3.63, 3.8) is 0 Å². The lowest BCUT2D eigenvalue weighted by Crippen LogP contribution is -2.37. The van der Waals surface area contributed by atoms with Crippen molar-refractivity contribution >= 4 is 0 Å². The molecule has 0 aromatic heterocycles. The van der Waals surface area contributed by atoms with Crippen molar-refractivity contribution in [3.05, 3.63) is 298 Å². The second-order valence-corrected chi connectivity index (χ2v) is 24.5. The minimum Gasteiger partial charge on any atom is -0.396 e. The number of aliphatic hydroxyl groups is 2. The van der Waals surface area contributed by atoms with Gasteiger partial charge in [0.1, 0.15) is 0 Å². The van der Waals surface area contributed by atoms with Crippen molar-refractivity contribution in [2.45, 2.75) is 104 Å². The van der Waals surface area contributed by atoms with E-state index in [1.54, 1.807) is 0 Å². The van der Waals surface area contributed by atoms with Gasteiger partial charge in [0.2, 0.25) is 0 Å². The van der Waals surface area contributed by atoms with Crippen LogP contribution in [0.25, 0.3) is 55.6 Å². The van der Waals surface area contributed by atoms with Gasteiger partial charge in [-0.15, -0.1) is 0 Å². The van der Waals surface area contributed by atoms with Crippen LogP contribution >= 0.6 is 0 Å². The molecule has 0 heterocycles.